The van der Waals surface area contributed by atoms with Gasteiger partial charge in [0.2, 0.25) is 0 Å². The lowest BCUT2D eigenvalue weighted by atomic mass is 10.2. The second kappa shape index (κ2) is 6.35. The van der Waals surface area contributed by atoms with Crippen molar-refractivity contribution in [2.75, 3.05) is 6.54 Å². The fourth-order valence-electron chi connectivity index (χ4n) is 0.588. The molecular weight excluding hydrogens is 130 g/mol. The largest absolute Gasteiger partial charge is 0.350 e. The number of nitrogens with one attached hydrogen (secondary N) is 1. The minimum atomic E-state index is -0.656. The molecule has 3 N–H and O–H groups in total. The number of unbranched alkanes of at least 4 members (excludes halogenated alkanes) is 2. The van der Waals surface area contributed by atoms with Gasteiger partial charge in [0.05, 0.1) is 0 Å². The second-order valence-electron chi connectivity index (χ2n) is 2.07. The van der Waals surface area contributed by atoms with Crippen LogP contribution < -0.4 is 16.6 Å². The molecule has 0 rings (SSSR count). The molecule has 0 aromatic rings. The van der Waals surface area contributed by atoms with Crippen LogP contribution in [0.4, 0.5) is 4.79 Å². The summed E-state index contributed by atoms with van der Waals surface area (Å²) >= 11 is 0. The Morgan fingerprint density at radius 1 is 1.60 bits per heavy atom. The van der Waals surface area contributed by atoms with Crippen molar-refractivity contribution >= 4 is 6.03 Å². The molecule has 59 valence electrons. The van der Waals surface area contributed by atoms with Crippen molar-refractivity contribution < 1.29 is 4.79 Å². The highest BCUT2D eigenvalue weighted by Gasteiger charge is 1.90. The maximum atomic E-state index is 10.0. The molecule has 0 aliphatic heterocycles. The van der Waals surface area contributed by atoms with E-state index in [1.54, 1.807) is 0 Å². The highest BCUT2D eigenvalue weighted by molar-refractivity contribution is 5.70. The van der Waals surface area contributed by atoms with Crippen LogP contribution >= 0.6 is 0 Å². The molecule has 0 bridgehead atoms. The lowest BCUT2D eigenvalue weighted by molar-refractivity contribution is 0.243. The second-order valence-corrected chi connectivity index (χ2v) is 2.07. The van der Waals surface area contributed by atoms with Crippen molar-refractivity contribution in [3.63, 3.8) is 0 Å². The zero-order valence-electron chi connectivity index (χ0n) is 6.26. The molecule has 0 heterocycles. The fourth-order valence-corrected chi connectivity index (χ4v) is 0.588. The smallest absolute Gasteiger partial charge is 0.349 e. The number of rotatable bonds is 5. The Bertz CT molecular complexity index is 95.0. The van der Waals surface area contributed by atoms with E-state index in [0.717, 1.165) is 25.8 Å². The fraction of sp³-hybridized carbons (Fsp3) is 0.833. The van der Waals surface area contributed by atoms with E-state index >= 15 is 0 Å². The Morgan fingerprint density at radius 3 is 2.80 bits per heavy atom. The molecule has 0 spiro atoms. The van der Waals surface area contributed by atoms with Crippen LogP contribution in [0.5, 0.6) is 0 Å². The van der Waals surface area contributed by atoms with Gasteiger partial charge in [-0.05, 0) is 6.42 Å². The molecule has 10 heavy (non-hydrogen) atoms. The van der Waals surface area contributed by atoms with Crippen molar-refractivity contribution in [3.8, 4) is 0 Å². The summed E-state index contributed by atoms with van der Waals surface area (Å²) in [5.41, 5.74) is 10.6. The Morgan fingerprint density at radius 2 is 2.30 bits per heavy atom. The number of hydrogen-bond acceptors (Lipinski definition) is 2. The lowest BCUT2D eigenvalue weighted by Crippen LogP contribution is -2.34. The van der Waals surface area contributed by atoms with E-state index in [2.05, 4.69) is 17.8 Å². The summed E-state index contributed by atoms with van der Waals surface area (Å²) in [6, 6.07) is -0.656. The number of urea groups is 1. The van der Waals surface area contributed by atoms with Crippen LogP contribution in [-0.4, -0.2) is 12.6 Å². The summed E-state index contributed by atoms with van der Waals surface area (Å²) in [5, 5.41) is 0. The van der Waals surface area contributed by atoms with Crippen LogP contribution in [0, 0.1) is 0 Å². The highest BCUT2D eigenvalue weighted by Crippen LogP contribution is 1.89. The van der Waals surface area contributed by atoms with E-state index in [0.29, 0.717) is 0 Å². The van der Waals surface area contributed by atoms with Crippen LogP contribution in [0.2, 0.25) is 0 Å². The summed E-state index contributed by atoms with van der Waals surface area (Å²) in [6.45, 7) is 2.85. The monoisotopic (exact) mass is 144 g/mol. The van der Waals surface area contributed by atoms with Gasteiger partial charge in [-0.2, -0.15) is 0 Å². The third kappa shape index (κ3) is 7.23. The van der Waals surface area contributed by atoms with Crippen LogP contribution in [-0.2, 0) is 0 Å². The van der Waals surface area contributed by atoms with Gasteiger partial charge in [0.25, 0.3) is 0 Å². The van der Waals surface area contributed by atoms with E-state index < -0.39 is 6.03 Å². The topological polar surface area (TPSA) is 69.2 Å². The van der Waals surface area contributed by atoms with E-state index in [-0.39, 0.29) is 0 Å². The number of nitrogens with zero attached hydrogens (tertiary/aromatic N) is 1. The molecule has 0 saturated heterocycles. The van der Waals surface area contributed by atoms with E-state index in [1.165, 1.54) is 0 Å². The van der Waals surface area contributed by atoms with Crippen LogP contribution in [0.1, 0.15) is 26.2 Å². The first-order chi connectivity index (χ1) is 4.77. The summed E-state index contributed by atoms with van der Waals surface area (Å²) < 4.78 is 0. The van der Waals surface area contributed by atoms with Crippen molar-refractivity contribution in [2.45, 2.75) is 26.2 Å². The van der Waals surface area contributed by atoms with Gasteiger partial charge in [0.15, 0.2) is 0 Å². The molecule has 0 aliphatic carbocycles. The lowest BCUT2D eigenvalue weighted by Gasteiger charge is -1.98. The third-order valence-electron chi connectivity index (χ3n) is 1.08. The molecule has 1 radical (unpaired) electrons. The van der Waals surface area contributed by atoms with Gasteiger partial charge in [-0.25, -0.2) is 10.2 Å². The standard InChI is InChI=1S/C6H14N3O/c1-2-3-4-5-8-9-6(7)10/h8H,2-5H2,1H3,(H2,7,10). The first-order valence-electron chi connectivity index (χ1n) is 3.50. The average Bonchev–Trinajstić information content (AvgIpc) is 1.87. The summed E-state index contributed by atoms with van der Waals surface area (Å²) in [4.78, 5) is 10.0. The quantitative estimate of drug-likeness (QED) is 0.432. The van der Waals surface area contributed by atoms with Gasteiger partial charge < -0.3 is 5.73 Å². The zero-order chi connectivity index (χ0) is 7.82. The Labute approximate surface area is 61.1 Å². The van der Waals surface area contributed by atoms with Crippen molar-refractivity contribution in [1.82, 2.24) is 10.9 Å². The number of amides is 2. The molecule has 0 fully saturated rings. The molecule has 0 saturated carbocycles. The van der Waals surface area contributed by atoms with Crippen molar-refractivity contribution in [2.24, 2.45) is 5.73 Å². The first-order valence-corrected chi connectivity index (χ1v) is 3.50. The van der Waals surface area contributed by atoms with Crippen LogP contribution in [0.25, 0.3) is 0 Å². The van der Waals surface area contributed by atoms with Gasteiger partial charge in [-0.3, -0.25) is 0 Å². The van der Waals surface area contributed by atoms with Crippen LogP contribution in [0.15, 0.2) is 0 Å². The molecule has 4 heteroatoms. The maximum absolute atomic E-state index is 10.0. The zero-order valence-corrected chi connectivity index (χ0v) is 6.26. The van der Waals surface area contributed by atoms with Gasteiger partial charge in [-0.15, -0.1) is 5.43 Å². The SMILES string of the molecule is CCCCCN[N]C(N)=O. The number of carbonyl (C=O) groups excluding carboxylic acids is 1. The van der Waals surface area contributed by atoms with E-state index in [4.69, 9.17) is 5.73 Å². The molecule has 0 aromatic carbocycles. The first kappa shape index (κ1) is 9.23. The van der Waals surface area contributed by atoms with Gasteiger partial charge >= 0.3 is 6.03 Å². The molecule has 2 amide bonds. The Kier molecular flexibility index (Phi) is 5.86. The highest BCUT2D eigenvalue weighted by atomic mass is 16.2. The number of carbonyl (C=O) groups is 1. The maximum Gasteiger partial charge on any atom is 0.350 e. The summed E-state index contributed by atoms with van der Waals surface area (Å²) in [7, 11) is 0. The molecule has 0 aliphatic rings. The predicted molar refractivity (Wildman–Crippen MR) is 39.2 cm³/mol. The molecule has 0 atom stereocenters. The average molecular weight is 144 g/mol. The van der Waals surface area contributed by atoms with E-state index in [9.17, 15) is 4.79 Å². The number of nitrogens with two attached hydrogens (primary N) is 1. The molecular formula is C6H14N3O. The van der Waals surface area contributed by atoms with Gasteiger partial charge in [0, 0.05) is 6.54 Å². The predicted octanol–water partition coefficient (Wildman–Crippen LogP) is 0.364. The summed E-state index contributed by atoms with van der Waals surface area (Å²) in [6.07, 6.45) is 3.35. The molecule has 0 unspecified atom stereocenters. The van der Waals surface area contributed by atoms with Gasteiger partial charge in [0.1, 0.15) is 0 Å². The van der Waals surface area contributed by atoms with Crippen molar-refractivity contribution in [1.29, 1.82) is 0 Å². The van der Waals surface area contributed by atoms with E-state index in [1.807, 2.05) is 0 Å². The normalized spacial score (nSPS) is 9.30. The van der Waals surface area contributed by atoms with Gasteiger partial charge in [-0.1, -0.05) is 19.8 Å². The molecule has 0 aromatic heterocycles. The van der Waals surface area contributed by atoms with Crippen molar-refractivity contribution in [3.05, 3.63) is 0 Å². The minimum Gasteiger partial charge on any atom is -0.349 e. The third-order valence-corrected chi connectivity index (χ3v) is 1.08. The Balaban J connectivity index is 2.84. The number of hydrogen-bond donors (Lipinski definition) is 2. The van der Waals surface area contributed by atoms with Crippen LogP contribution in [0.3, 0.4) is 0 Å². The minimum absolute atomic E-state index is 0.656. The number of primary amides is 1. The summed E-state index contributed by atoms with van der Waals surface area (Å²) in [5.74, 6) is 0. The molecule has 4 nitrogen and oxygen atoms in total. The Hall–Kier alpha value is -0.770.